The summed E-state index contributed by atoms with van der Waals surface area (Å²) in [4.78, 5) is 0. The van der Waals surface area contributed by atoms with Crippen molar-refractivity contribution in [3.05, 3.63) is 0 Å². The summed E-state index contributed by atoms with van der Waals surface area (Å²) in [6, 6.07) is 0. The second-order valence-electron chi connectivity index (χ2n) is 11.0. The smallest absolute Gasteiger partial charge is 0.0560 e. The maximum absolute atomic E-state index is 10.5. The second-order valence-corrected chi connectivity index (χ2v) is 13.7. The molecule has 1 N–H and O–H groups in total. The maximum Gasteiger partial charge on any atom is 0.0560 e. The number of hydrogen-bond acceptors (Lipinski definition) is 3. The van der Waals surface area contributed by atoms with Crippen molar-refractivity contribution in [2.24, 2.45) is 39.4 Å². The normalized spacial score (nSPS) is 52.8. The third-order valence-electron chi connectivity index (χ3n) is 9.42. The topological polar surface area (TPSA) is 20.2 Å². The molecular formula is C22H38OS2. The Bertz CT molecular complexity index is 528. The Morgan fingerprint density at radius 3 is 2.16 bits per heavy atom. The van der Waals surface area contributed by atoms with E-state index < -0.39 is 0 Å². The maximum atomic E-state index is 10.5. The van der Waals surface area contributed by atoms with Gasteiger partial charge in [0.1, 0.15) is 0 Å². The fourth-order valence-electron chi connectivity index (χ4n) is 8.32. The van der Waals surface area contributed by atoms with Gasteiger partial charge in [-0.3, -0.25) is 0 Å². The number of aliphatic hydroxyl groups excluding tert-OH is 1. The van der Waals surface area contributed by atoms with Crippen molar-refractivity contribution in [1.29, 1.82) is 0 Å². The first-order valence-electron chi connectivity index (χ1n) is 10.5. The van der Waals surface area contributed by atoms with E-state index in [1.54, 1.807) is 0 Å². The number of fused-ring (bicyclic) bond motifs is 3. The van der Waals surface area contributed by atoms with Gasteiger partial charge in [0.15, 0.2) is 0 Å². The Hall–Kier alpha value is 0.660. The molecule has 1 heterocycles. The summed E-state index contributed by atoms with van der Waals surface area (Å²) in [5.41, 5.74) is 1.62. The lowest BCUT2D eigenvalue weighted by Gasteiger charge is -2.61. The van der Waals surface area contributed by atoms with Gasteiger partial charge in [0, 0.05) is 18.1 Å². The largest absolute Gasteiger partial charge is 0.396 e. The first kappa shape index (κ1) is 19.0. The molecule has 6 atom stereocenters. The number of aliphatic hydroxyl groups is 1. The summed E-state index contributed by atoms with van der Waals surface area (Å²) in [7, 11) is 0. The minimum atomic E-state index is 0.305. The van der Waals surface area contributed by atoms with Crippen LogP contribution in [0.2, 0.25) is 0 Å². The van der Waals surface area contributed by atoms with Crippen molar-refractivity contribution in [3.63, 3.8) is 0 Å². The number of rotatable bonds is 2. The van der Waals surface area contributed by atoms with Crippen LogP contribution in [-0.4, -0.2) is 27.8 Å². The molecule has 4 fully saturated rings. The standard InChI is InChI=1S/C22H38OS2/c1-19(2)8-6-9-20(3)15(19)7-10-21(4)16(20)13-22(5,17(21)14-23)18-24-11-12-25-18/h15-18,23H,6-14H2,1-5H3/t15-,16+,17-,20-,21+,22-/m0/s1. The summed E-state index contributed by atoms with van der Waals surface area (Å²) in [6.07, 6.45) is 8.30. The van der Waals surface area contributed by atoms with Gasteiger partial charge in [0.05, 0.1) is 4.58 Å². The van der Waals surface area contributed by atoms with E-state index in [4.69, 9.17) is 0 Å². The van der Waals surface area contributed by atoms with Crippen LogP contribution in [0.25, 0.3) is 0 Å². The first-order valence-corrected chi connectivity index (χ1v) is 12.6. The first-order chi connectivity index (χ1) is 11.7. The molecule has 4 aliphatic rings. The van der Waals surface area contributed by atoms with Gasteiger partial charge >= 0.3 is 0 Å². The van der Waals surface area contributed by atoms with Crippen LogP contribution in [0.15, 0.2) is 0 Å². The average Bonchev–Trinajstić information content (AvgIpc) is 3.12. The Kier molecular flexibility index (Phi) is 4.62. The van der Waals surface area contributed by atoms with Gasteiger partial charge in [-0.25, -0.2) is 0 Å². The molecule has 144 valence electrons. The highest BCUT2D eigenvalue weighted by Crippen LogP contribution is 2.74. The van der Waals surface area contributed by atoms with Gasteiger partial charge in [-0.1, -0.05) is 41.0 Å². The van der Waals surface area contributed by atoms with E-state index in [9.17, 15) is 5.11 Å². The van der Waals surface area contributed by atoms with Crippen molar-refractivity contribution < 1.29 is 5.11 Å². The van der Waals surface area contributed by atoms with E-state index in [1.165, 1.54) is 50.0 Å². The fraction of sp³-hybridized carbons (Fsp3) is 1.00. The highest BCUT2D eigenvalue weighted by Gasteiger charge is 2.68. The molecule has 0 radical (unpaired) electrons. The SMILES string of the molecule is CC1(C)CCC[C@]2(C)[C@H]3C[C@](C)(C4SCCS4)[C@@H](CO)[C@]3(C)CC[C@@H]12. The molecule has 3 saturated carbocycles. The lowest BCUT2D eigenvalue weighted by molar-refractivity contribution is -0.129. The quantitative estimate of drug-likeness (QED) is 0.627. The van der Waals surface area contributed by atoms with Crippen LogP contribution in [0.4, 0.5) is 0 Å². The Balaban J connectivity index is 1.74. The average molecular weight is 383 g/mol. The minimum absolute atomic E-state index is 0.305. The van der Waals surface area contributed by atoms with E-state index in [0.29, 0.717) is 38.8 Å². The molecule has 3 heteroatoms. The molecule has 0 aromatic heterocycles. The molecule has 25 heavy (non-hydrogen) atoms. The molecule has 1 saturated heterocycles. The molecule has 0 aromatic rings. The molecule has 4 rings (SSSR count). The zero-order valence-electron chi connectivity index (χ0n) is 16.9. The molecule has 0 bridgehead atoms. The zero-order valence-corrected chi connectivity index (χ0v) is 18.6. The summed E-state index contributed by atoms with van der Waals surface area (Å²) in [5, 5.41) is 10.5. The lowest BCUT2D eigenvalue weighted by atomic mass is 9.43. The molecule has 1 aliphatic heterocycles. The summed E-state index contributed by atoms with van der Waals surface area (Å²) < 4.78 is 0.700. The Morgan fingerprint density at radius 1 is 0.840 bits per heavy atom. The molecular weight excluding hydrogens is 344 g/mol. The highest BCUT2D eigenvalue weighted by molar-refractivity contribution is 8.20. The minimum Gasteiger partial charge on any atom is -0.396 e. The highest BCUT2D eigenvalue weighted by atomic mass is 32.2. The summed E-state index contributed by atoms with van der Waals surface area (Å²) in [5.74, 6) is 4.75. The van der Waals surface area contributed by atoms with Crippen LogP contribution in [0.1, 0.15) is 73.1 Å². The molecule has 3 aliphatic carbocycles. The van der Waals surface area contributed by atoms with Crippen LogP contribution in [-0.2, 0) is 0 Å². The van der Waals surface area contributed by atoms with Crippen molar-refractivity contribution in [2.75, 3.05) is 18.1 Å². The van der Waals surface area contributed by atoms with E-state index in [2.05, 4.69) is 58.1 Å². The third-order valence-corrected chi connectivity index (χ3v) is 13.1. The molecule has 0 aromatic carbocycles. The Labute approximate surface area is 163 Å². The summed E-state index contributed by atoms with van der Waals surface area (Å²) in [6.45, 7) is 13.2. The van der Waals surface area contributed by atoms with Crippen molar-refractivity contribution in [2.45, 2.75) is 77.7 Å². The van der Waals surface area contributed by atoms with Crippen molar-refractivity contribution in [1.82, 2.24) is 0 Å². The molecule has 1 nitrogen and oxygen atoms in total. The van der Waals surface area contributed by atoms with Crippen molar-refractivity contribution >= 4 is 23.5 Å². The number of hydrogen-bond donors (Lipinski definition) is 1. The molecule has 0 amide bonds. The molecule has 0 spiro atoms. The van der Waals surface area contributed by atoms with E-state index in [1.807, 2.05) is 0 Å². The monoisotopic (exact) mass is 382 g/mol. The van der Waals surface area contributed by atoms with Gasteiger partial charge in [0.2, 0.25) is 0 Å². The second kappa shape index (κ2) is 6.08. The van der Waals surface area contributed by atoms with Gasteiger partial charge in [-0.15, -0.1) is 23.5 Å². The van der Waals surface area contributed by atoms with Gasteiger partial charge in [-0.05, 0) is 71.5 Å². The zero-order chi connectivity index (χ0) is 18.1. The van der Waals surface area contributed by atoms with Crippen molar-refractivity contribution in [3.8, 4) is 0 Å². The van der Waals surface area contributed by atoms with Crippen LogP contribution in [0.5, 0.6) is 0 Å². The molecule has 0 unspecified atom stereocenters. The van der Waals surface area contributed by atoms with Crippen LogP contribution < -0.4 is 0 Å². The predicted octanol–water partition coefficient (Wildman–Crippen LogP) is 6.06. The van der Waals surface area contributed by atoms with E-state index in [0.717, 1.165) is 11.8 Å². The third kappa shape index (κ3) is 2.54. The van der Waals surface area contributed by atoms with Crippen LogP contribution in [0, 0.1) is 39.4 Å². The fourth-order valence-corrected chi connectivity index (χ4v) is 11.8. The van der Waals surface area contributed by atoms with E-state index in [-0.39, 0.29) is 0 Å². The van der Waals surface area contributed by atoms with Crippen LogP contribution in [0.3, 0.4) is 0 Å². The van der Waals surface area contributed by atoms with Gasteiger partial charge in [-0.2, -0.15) is 0 Å². The van der Waals surface area contributed by atoms with E-state index >= 15 is 0 Å². The van der Waals surface area contributed by atoms with Gasteiger partial charge < -0.3 is 5.11 Å². The Morgan fingerprint density at radius 2 is 1.52 bits per heavy atom. The number of thioether (sulfide) groups is 2. The lowest BCUT2D eigenvalue weighted by Crippen LogP contribution is -2.54. The van der Waals surface area contributed by atoms with Crippen LogP contribution >= 0.6 is 23.5 Å². The summed E-state index contributed by atoms with van der Waals surface area (Å²) >= 11 is 4.36. The van der Waals surface area contributed by atoms with Gasteiger partial charge in [0.25, 0.3) is 0 Å². The predicted molar refractivity (Wildman–Crippen MR) is 112 cm³/mol.